The number of nitrogens with two attached hydrogens (primary N) is 1. The fourth-order valence-corrected chi connectivity index (χ4v) is 1.19. The molecule has 0 aromatic carbocycles. The number of hydrogen-bond donors (Lipinski definition) is 1. The molecule has 90 valence electrons. The molecule has 0 saturated carbocycles. The second kappa shape index (κ2) is 6.08. The van der Waals surface area contributed by atoms with Gasteiger partial charge in [-0.3, -0.25) is 4.79 Å². The molecule has 0 heterocycles. The van der Waals surface area contributed by atoms with Crippen LogP contribution in [0.3, 0.4) is 0 Å². The number of likely N-dealkylation sites (N-methyl/N-ethyl adjacent to an activating group) is 1. The highest BCUT2D eigenvalue weighted by Gasteiger charge is 2.30. The molecule has 2 N–H and O–H groups in total. The van der Waals surface area contributed by atoms with Gasteiger partial charge >= 0.3 is 0 Å². The first-order valence-electron chi connectivity index (χ1n) is 5.37. The van der Waals surface area contributed by atoms with Gasteiger partial charge in [-0.1, -0.05) is 20.8 Å². The van der Waals surface area contributed by atoms with Gasteiger partial charge in [0.15, 0.2) is 0 Å². The molecule has 0 aliphatic carbocycles. The Hall–Kier alpha value is -0.610. The number of nitrogens with zero attached hydrogens (tertiary/aromatic N) is 1. The minimum Gasteiger partial charge on any atom is -0.383 e. The average Bonchev–Trinajstić information content (AvgIpc) is 2.16. The zero-order chi connectivity index (χ0) is 12.1. The lowest BCUT2D eigenvalue weighted by atomic mass is 9.86. The summed E-state index contributed by atoms with van der Waals surface area (Å²) in [6.07, 6.45) is 0. The summed E-state index contributed by atoms with van der Waals surface area (Å²) in [5, 5.41) is 0. The van der Waals surface area contributed by atoms with E-state index in [9.17, 15) is 4.79 Å². The molecular formula is C11H24N2O2. The number of carbonyl (C=O) groups excluding carboxylic acids is 1. The van der Waals surface area contributed by atoms with Gasteiger partial charge in [0.1, 0.15) is 0 Å². The first-order chi connectivity index (χ1) is 6.84. The number of amides is 1. The third-order valence-corrected chi connectivity index (χ3v) is 2.46. The number of rotatable bonds is 5. The molecule has 1 unspecified atom stereocenters. The van der Waals surface area contributed by atoms with Gasteiger partial charge in [-0.25, -0.2) is 0 Å². The van der Waals surface area contributed by atoms with E-state index in [1.807, 2.05) is 27.7 Å². The molecule has 0 bridgehead atoms. The van der Waals surface area contributed by atoms with Crippen LogP contribution in [-0.2, 0) is 9.53 Å². The van der Waals surface area contributed by atoms with Crippen molar-refractivity contribution in [3.05, 3.63) is 0 Å². The Morgan fingerprint density at radius 1 is 1.47 bits per heavy atom. The zero-order valence-corrected chi connectivity index (χ0v) is 10.5. The van der Waals surface area contributed by atoms with Gasteiger partial charge in [-0.2, -0.15) is 0 Å². The number of carbonyl (C=O) groups is 1. The molecule has 4 heteroatoms. The summed E-state index contributed by atoms with van der Waals surface area (Å²) in [6.45, 7) is 9.69. The van der Waals surface area contributed by atoms with Crippen LogP contribution < -0.4 is 5.73 Å². The highest BCUT2D eigenvalue weighted by Crippen LogP contribution is 2.18. The Morgan fingerprint density at radius 2 is 2.00 bits per heavy atom. The maximum absolute atomic E-state index is 12.0. The first kappa shape index (κ1) is 14.4. The normalized spacial score (nSPS) is 13.7. The van der Waals surface area contributed by atoms with E-state index in [0.29, 0.717) is 19.7 Å². The van der Waals surface area contributed by atoms with E-state index in [-0.39, 0.29) is 11.3 Å². The van der Waals surface area contributed by atoms with Crippen molar-refractivity contribution in [2.24, 2.45) is 11.1 Å². The minimum absolute atomic E-state index is 0.00190. The highest BCUT2D eigenvalue weighted by atomic mass is 16.5. The summed E-state index contributed by atoms with van der Waals surface area (Å²) in [7, 11) is 1.63. The molecule has 0 aliphatic rings. The number of hydrogen-bond acceptors (Lipinski definition) is 3. The summed E-state index contributed by atoms with van der Waals surface area (Å²) in [4.78, 5) is 13.7. The lowest BCUT2D eigenvalue weighted by Crippen LogP contribution is -2.51. The SMILES string of the molecule is CCN(CCOC)C(=O)C(N)C(C)(C)C. The van der Waals surface area contributed by atoms with Crippen LogP contribution in [-0.4, -0.2) is 43.7 Å². The molecule has 0 aromatic rings. The van der Waals surface area contributed by atoms with Crippen LogP contribution in [0.1, 0.15) is 27.7 Å². The first-order valence-corrected chi connectivity index (χ1v) is 5.37. The molecule has 15 heavy (non-hydrogen) atoms. The van der Waals surface area contributed by atoms with E-state index in [1.165, 1.54) is 0 Å². The Morgan fingerprint density at radius 3 is 2.33 bits per heavy atom. The molecule has 0 fully saturated rings. The van der Waals surface area contributed by atoms with Crippen molar-refractivity contribution < 1.29 is 9.53 Å². The van der Waals surface area contributed by atoms with Crippen molar-refractivity contribution in [3.63, 3.8) is 0 Å². The second-order valence-electron chi connectivity index (χ2n) is 4.75. The van der Waals surface area contributed by atoms with Crippen LogP contribution in [0, 0.1) is 5.41 Å². The fourth-order valence-electron chi connectivity index (χ4n) is 1.19. The Labute approximate surface area is 92.8 Å². The van der Waals surface area contributed by atoms with Crippen LogP contribution in [0.5, 0.6) is 0 Å². The smallest absolute Gasteiger partial charge is 0.240 e. The van der Waals surface area contributed by atoms with Crippen molar-refractivity contribution in [1.29, 1.82) is 0 Å². The van der Waals surface area contributed by atoms with Gasteiger partial charge in [0, 0.05) is 20.2 Å². The highest BCUT2D eigenvalue weighted by molar-refractivity contribution is 5.82. The molecule has 0 aromatic heterocycles. The van der Waals surface area contributed by atoms with Crippen molar-refractivity contribution in [1.82, 2.24) is 4.90 Å². The Kier molecular flexibility index (Phi) is 5.83. The van der Waals surface area contributed by atoms with E-state index in [1.54, 1.807) is 12.0 Å². The minimum atomic E-state index is -0.450. The average molecular weight is 216 g/mol. The maximum atomic E-state index is 12.0. The van der Waals surface area contributed by atoms with Crippen LogP contribution in [0.2, 0.25) is 0 Å². The quantitative estimate of drug-likeness (QED) is 0.741. The molecular weight excluding hydrogens is 192 g/mol. The molecule has 0 saturated heterocycles. The molecule has 1 atom stereocenters. The van der Waals surface area contributed by atoms with Gasteiger partial charge in [-0.15, -0.1) is 0 Å². The van der Waals surface area contributed by atoms with E-state index in [2.05, 4.69) is 0 Å². The zero-order valence-electron chi connectivity index (χ0n) is 10.5. The summed E-state index contributed by atoms with van der Waals surface area (Å²) >= 11 is 0. The Bertz CT molecular complexity index is 199. The Balaban J connectivity index is 4.38. The molecule has 4 nitrogen and oxygen atoms in total. The van der Waals surface area contributed by atoms with E-state index in [4.69, 9.17) is 10.5 Å². The summed E-state index contributed by atoms with van der Waals surface area (Å²) < 4.78 is 4.95. The van der Waals surface area contributed by atoms with Crippen LogP contribution in [0.4, 0.5) is 0 Å². The third kappa shape index (κ3) is 4.62. The number of ether oxygens (including phenoxy) is 1. The fraction of sp³-hybridized carbons (Fsp3) is 0.909. The van der Waals surface area contributed by atoms with Crippen LogP contribution in [0.15, 0.2) is 0 Å². The van der Waals surface area contributed by atoms with Gasteiger partial charge in [0.2, 0.25) is 5.91 Å². The predicted octanol–water partition coefficient (Wildman–Crippen LogP) is 0.855. The van der Waals surface area contributed by atoms with E-state index < -0.39 is 6.04 Å². The molecule has 0 spiro atoms. The van der Waals surface area contributed by atoms with E-state index in [0.717, 1.165) is 0 Å². The summed E-state index contributed by atoms with van der Waals surface area (Å²) in [5.74, 6) is 0.00190. The molecule has 1 amide bonds. The summed E-state index contributed by atoms with van der Waals surface area (Å²) in [6, 6.07) is -0.450. The topological polar surface area (TPSA) is 55.6 Å². The van der Waals surface area contributed by atoms with Crippen molar-refractivity contribution in [2.45, 2.75) is 33.7 Å². The maximum Gasteiger partial charge on any atom is 0.240 e. The molecule has 0 rings (SSSR count). The largest absolute Gasteiger partial charge is 0.383 e. The van der Waals surface area contributed by atoms with E-state index >= 15 is 0 Å². The monoisotopic (exact) mass is 216 g/mol. The van der Waals surface area contributed by atoms with Crippen molar-refractivity contribution >= 4 is 5.91 Å². The standard InChI is InChI=1S/C11H24N2O2/c1-6-13(7-8-15-5)10(14)9(12)11(2,3)4/h9H,6-8,12H2,1-5H3. The third-order valence-electron chi connectivity index (χ3n) is 2.46. The van der Waals surface area contributed by atoms with Crippen LogP contribution >= 0.6 is 0 Å². The van der Waals surface area contributed by atoms with Crippen molar-refractivity contribution in [2.75, 3.05) is 26.8 Å². The predicted molar refractivity (Wildman–Crippen MR) is 61.6 cm³/mol. The van der Waals surface area contributed by atoms with Gasteiger partial charge in [0.25, 0.3) is 0 Å². The summed E-state index contributed by atoms with van der Waals surface area (Å²) in [5.41, 5.74) is 5.71. The van der Waals surface area contributed by atoms with Gasteiger partial charge < -0.3 is 15.4 Å². The molecule has 0 radical (unpaired) electrons. The van der Waals surface area contributed by atoms with Crippen LogP contribution in [0.25, 0.3) is 0 Å². The number of methoxy groups -OCH3 is 1. The lowest BCUT2D eigenvalue weighted by Gasteiger charge is -2.31. The van der Waals surface area contributed by atoms with Gasteiger partial charge in [-0.05, 0) is 12.3 Å². The second-order valence-corrected chi connectivity index (χ2v) is 4.75. The van der Waals surface area contributed by atoms with Crippen molar-refractivity contribution in [3.8, 4) is 0 Å². The van der Waals surface area contributed by atoms with Gasteiger partial charge in [0.05, 0.1) is 12.6 Å². The molecule has 0 aliphatic heterocycles. The lowest BCUT2D eigenvalue weighted by molar-refractivity contribution is -0.135.